The Kier molecular flexibility index (Phi) is 4.92. The van der Waals surface area contributed by atoms with Gasteiger partial charge in [-0.25, -0.2) is 0 Å². The van der Waals surface area contributed by atoms with Crippen LogP contribution in [0.3, 0.4) is 0 Å². The van der Waals surface area contributed by atoms with Gasteiger partial charge in [0.25, 0.3) is 5.91 Å². The number of hydrogen-bond acceptors (Lipinski definition) is 4. The first kappa shape index (κ1) is 16.2. The van der Waals surface area contributed by atoms with Crippen molar-refractivity contribution in [3.05, 3.63) is 35.4 Å². The Hall–Kier alpha value is -2.21. The van der Waals surface area contributed by atoms with Gasteiger partial charge in [0.2, 0.25) is 5.91 Å². The van der Waals surface area contributed by atoms with Crippen LogP contribution in [-0.4, -0.2) is 64.8 Å². The minimum absolute atomic E-state index is 0.103. The first-order chi connectivity index (χ1) is 10.4. The summed E-state index contributed by atoms with van der Waals surface area (Å²) in [6, 6.07) is 6.54. The molecule has 1 heterocycles. The van der Waals surface area contributed by atoms with Crippen molar-refractivity contribution in [2.24, 2.45) is 0 Å². The van der Waals surface area contributed by atoms with Gasteiger partial charge in [-0.15, -0.1) is 0 Å². The maximum atomic E-state index is 12.5. The lowest BCUT2D eigenvalue weighted by Gasteiger charge is -2.21. The van der Waals surface area contributed by atoms with Gasteiger partial charge in [0.05, 0.1) is 6.10 Å². The van der Waals surface area contributed by atoms with E-state index in [1.165, 1.54) is 23.6 Å². The number of amides is 2. The summed E-state index contributed by atoms with van der Waals surface area (Å²) in [6.45, 7) is 4.05. The summed E-state index contributed by atoms with van der Waals surface area (Å²) in [6.07, 6.45) is -0.772. The largest absolute Gasteiger partial charge is 0.389 e. The lowest BCUT2D eigenvalue weighted by Crippen LogP contribution is -2.37. The standard InChI is InChI=1S/C16H20N2O4/c1-11(19)13-4-3-5-14(8-13)16(22)18-7-6-17(12(2)20)9-15(21)10-18/h3-5,8,15,21H,6-7,9-10H2,1-2H3/t15-/m1/s1. The fraction of sp³-hybridized carbons (Fsp3) is 0.438. The number of aliphatic hydroxyl groups excluding tert-OH is 1. The number of β-amino-alcohol motifs (C(OH)–C–C–N with tert-alkyl or cyclic N) is 1. The van der Waals surface area contributed by atoms with Gasteiger partial charge in [-0.2, -0.15) is 0 Å². The van der Waals surface area contributed by atoms with Crippen LogP contribution in [0.2, 0.25) is 0 Å². The van der Waals surface area contributed by atoms with Crippen LogP contribution in [0.4, 0.5) is 0 Å². The fourth-order valence-corrected chi connectivity index (χ4v) is 2.51. The highest BCUT2D eigenvalue weighted by Crippen LogP contribution is 2.12. The van der Waals surface area contributed by atoms with Crippen molar-refractivity contribution in [1.82, 2.24) is 9.80 Å². The molecule has 1 fully saturated rings. The minimum atomic E-state index is -0.772. The average Bonchev–Trinajstić information content (AvgIpc) is 2.68. The second-order valence-electron chi connectivity index (χ2n) is 5.51. The van der Waals surface area contributed by atoms with Gasteiger partial charge >= 0.3 is 0 Å². The molecule has 0 unspecified atom stereocenters. The number of aliphatic hydroxyl groups is 1. The molecule has 1 N–H and O–H groups in total. The molecule has 1 aromatic carbocycles. The van der Waals surface area contributed by atoms with Gasteiger partial charge in [-0.1, -0.05) is 12.1 Å². The van der Waals surface area contributed by atoms with Gasteiger partial charge in [0.1, 0.15) is 0 Å². The van der Waals surface area contributed by atoms with Crippen LogP contribution in [-0.2, 0) is 4.79 Å². The van der Waals surface area contributed by atoms with Crippen molar-refractivity contribution in [2.75, 3.05) is 26.2 Å². The number of hydrogen-bond donors (Lipinski definition) is 1. The highest BCUT2D eigenvalue weighted by molar-refractivity contribution is 5.99. The Bertz CT molecular complexity index is 600. The van der Waals surface area contributed by atoms with E-state index >= 15 is 0 Å². The van der Waals surface area contributed by atoms with Crippen LogP contribution >= 0.6 is 0 Å². The molecule has 0 aromatic heterocycles. The average molecular weight is 304 g/mol. The normalized spacial score (nSPS) is 18.8. The van der Waals surface area contributed by atoms with E-state index in [9.17, 15) is 19.5 Å². The number of nitrogens with zero attached hydrogens (tertiary/aromatic N) is 2. The summed E-state index contributed by atoms with van der Waals surface area (Å²) in [5.41, 5.74) is 0.891. The molecule has 1 saturated heterocycles. The van der Waals surface area contributed by atoms with Crippen molar-refractivity contribution in [3.8, 4) is 0 Å². The molecular formula is C16H20N2O4. The molecule has 6 nitrogen and oxygen atoms in total. The summed E-state index contributed by atoms with van der Waals surface area (Å²) in [5, 5.41) is 9.98. The molecule has 6 heteroatoms. The van der Waals surface area contributed by atoms with E-state index in [1.807, 2.05) is 0 Å². The van der Waals surface area contributed by atoms with Gasteiger partial charge in [0, 0.05) is 44.2 Å². The molecule has 1 atom stereocenters. The fourth-order valence-electron chi connectivity index (χ4n) is 2.51. The van der Waals surface area contributed by atoms with Gasteiger partial charge < -0.3 is 14.9 Å². The molecule has 1 aromatic rings. The predicted octanol–water partition coefficient (Wildman–Crippen LogP) is 0.554. The SMILES string of the molecule is CC(=O)c1cccc(C(=O)N2CCN(C(C)=O)C[C@@H](O)C2)c1. The number of rotatable bonds is 2. The lowest BCUT2D eigenvalue weighted by atomic mass is 10.1. The smallest absolute Gasteiger partial charge is 0.254 e. The second-order valence-corrected chi connectivity index (χ2v) is 5.51. The first-order valence-corrected chi connectivity index (χ1v) is 7.22. The van der Waals surface area contributed by atoms with Crippen LogP contribution in [0, 0.1) is 0 Å². The number of carbonyl (C=O) groups is 3. The summed E-state index contributed by atoms with van der Waals surface area (Å²) in [5.74, 6) is -0.465. The monoisotopic (exact) mass is 304 g/mol. The molecule has 0 saturated carbocycles. The van der Waals surface area contributed by atoms with Gasteiger partial charge in [-0.05, 0) is 19.1 Å². The van der Waals surface area contributed by atoms with E-state index in [0.29, 0.717) is 24.2 Å². The summed E-state index contributed by atoms with van der Waals surface area (Å²) in [4.78, 5) is 38.5. The Labute approximate surface area is 129 Å². The van der Waals surface area contributed by atoms with Gasteiger partial charge in [0.15, 0.2) is 5.78 Å². The van der Waals surface area contributed by atoms with Crippen molar-refractivity contribution >= 4 is 17.6 Å². The molecule has 2 rings (SSSR count). The van der Waals surface area contributed by atoms with Crippen LogP contribution in [0.15, 0.2) is 24.3 Å². The van der Waals surface area contributed by atoms with E-state index in [-0.39, 0.29) is 30.7 Å². The maximum absolute atomic E-state index is 12.5. The maximum Gasteiger partial charge on any atom is 0.254 e. The molecule has 22 heavy (non-hydrogen) atoms. The molecule has 0 radical (unpaired) electrons. The van der Waals surface area contributed by atoms with E-state index in [4.69, 9.17) is 0 Å². The van der Waals surface area contributed by atoms with Crippen molar-refractivity contribution in [1.29, 1.82) is 0 Å². The Morgan fingerprint density at radius 3 is 2.27 bits per heavy atom. The van der Waals surface area contributed by atoms with Gasteiger partial charge in [-0.3, -0.25) is 14.4 Å². The van der Waals surface area contributed by atoms with Crippen LogP contribution in [0.1, 0.15) is 34.6 Å². The Morgan fingerprint density at radius 2 is 1.64 bits per heavy atom. The first-order valence-electron chi connectivity index (χ1n) is 7.22. The zero-order valence-corrected chi connectivity index (χ0v) is 12.8. The zero-order valence-electron chi connectivity index (χ0n) is 12.8. The molecular weight excluding hydrogens is 284 g/mol. The molecule has 1 aliphatic rings. The van der Waals surface area contributed by atoms with E-state index < -0.39 is 6.10 Å². The molecule has 118 valence electrons. The summed E-state index contributed by atoms with van der Waals surface area (Å²) in [7, 11) is 0. The third-order valence-electron chi connectivity index (χ3n) is 3.75. The summed E-state index contributed by atoms with van der Waals surface area (Å²) >= 11 is 0. The number of ketones is 1. The third kappa shape index (κ3) is 3.71. The van der Waals surface area contributed by atoms with Crippen molar-refractivity contribution < 1.29 is 19.5 Å². The zero-order chi connectivity index (χ0) is 16.3. The van der Waals surface area contributed by atoms with Crippen LogP contribution < -0.4 is 0 Å². The molecule has 0 bridgehead atoms. The van der Waals surface area contributed by atoms with E-state index in [2.05, 4.69) is 0 Å². The molecule has 2 amide bonds. The third-order valence-corrected chi connectivity index (χ3v) is 3.75. The number of Topliss-reactive ketones (excluding diaryl/α,β-unsaturated/α-hetero) is 1. The highest BCUT2D eigenvalue weighted by Gasteiger charge is 2.26. The topological polar surface area (TPSA) is 77.9 Å². The predicted molar refractivity (Wildman–Crippen MR) is 80.6 cm³/mol. The second kappa shape index (κ2) is 6.70. The van der Waals surface area contributed by atoms with Crippen LogP contribution in [0.5, 0.6) is 0 Å². The Balaban J connectivity index is 2.17. The van der Waals surface area contributed by atoms with Crippen molar-refractivity contribution in [2.45, 2.75) is 20.0 Å². The molecule has 1 aliphatic heterocycles. The van der Waals surface area contributed by atoms with E-state index in [0.717, 1.165) is 0 Å². The van der Waals surface area contributed by atoms with Crippen molar-refractivity contribution in [3.63, 3.8) is 0 Å². The summed E-state index contributed by atoms with van der Waals surface area (Å²) < 4.78 is 0. The number of carbonyl (C=O) groups excluding carboxylic acids is 3. The lowest BCUT2D eigenvalue weighted by molar-refractivity contribution is -0.129. The molecule has 0 aliphatic carbocycles. The quantitative estimate of drug-likeness (QED) is 0.810. The minimum Gasteiger partial charge on any atom is -0.389 e. The molecule has 0 spiro atoms. The van der Waals surface area contributed by atoms with E-state index in [1.54, 1.807) is 24.3 Å². The highest BCUT2D eigenvalue weighted by atomic mass is 16.3. The van der Waals surface area contributed by atoms with Crippen LogP contribution in [0.25, 0.3) is 0 Å². The Morgan fingerprint density at radius 1 is 1.05 bits per heavy atom. The number of benzene rings is 1.